The van der Waals surface area contributed by atoms with Crippen molar-refractivity contribution in [3.63, 3.8) is 0 Å². The van der Waals surface area contributed by atoms with Crippen LogP contribution in [0, 0.1) is 5.82 Å². The van der Waals surface area contributed by atoms with Crippen molar-refractivity contribution >= 4 is 29.2 Å². The second-order valence-electron chi connectivity index (χ2n) is 4.19. The van der Waals surface area contributed by atoms with E-state index < -0.39 is 8.07 Å². The van der Waals surface area contributed by atoms with Crippen molar-refractivity contribution in [1.29, 1.82) is 0 Å². The largest absolute Gasteiger partial charge is 0.497 e. The molecule has 14 heavy (non-hydrogen) atoms. The molecule has 0 aliphatic carbocycles. The van der Waals surface area contributed by atoms with Crippen LogP contribution in [0.4, 0.5) is 4.39 Å². The first-order valence-electron chi connectivity index (χ1n) is 4.40. The number of methoxy groups -OCH3 is 1. The van der Waals surface area contributed by atoms with E-state index in [1.165, 1.54) is 0 Å². The first kappa shape index (κ1) is 11.7. The summed E-state index contributed by atoms with van der Waals surface area (Å²) in [5, 5.41) is 0.745. The Balaban J connectivity index is 3.44. The van der Waals surface area contributed by atoms with Gasteiger partial charge in [-0.05, 0) is 28.1 Å². The molecule has 0 aliphatic heterocycles. The third-order valence-electron chi connectivity index (χ3n) is 2.03. The molecule has 0 fully saturated rings. The third-order valence-corrected chi connectivity index (χ3v) is 4.60. The van der Waals surface area contributed by atoms with E-state index in [-0.39, 0.29) is 5.82 Å². The molecule has 0 heterocycles. The first-order chi connectivity index (χ1) is 6.38. The molecule has 78 valence electrons. The highest BCUT2D eigenvalue weighted by Gasteiger charge is 2.26. The van der Waals surface area contributed by atoms with E-state index in [1.54, 1.807) is 19.2 Å². The number of halogens is 2. The van der Waals surface area contributed by atoms with Crippen LogP contribution in [0.25, 0.3) is 0 Å². The summed E-state index contributed by atoms with van der Waals surface area (Å²) in [6, 6.07) is 3.48. The second-order valence-corrected chi connectivity index (χ2v) is 10.0. The van der Waals surface area contributed by atoms with Crippen molar-refractivity contribution in [2.24, 2.45) is 0 Å². The summed E-state index contributed by atoms with van der Waals surface area (Å²) in [6.07, 6.45) is 0. The van der Waals surface area contributed by atoms with Gasteiger partial charge in [0.05, 0.1) is 19.7 Å². The summed E-state index contributed by atoms with van der Waals surface area (Å²) in [5.74, 6) is 0.480. The molecule has 1 aromatic carbocycles. The van der Waals surface area contributed by atoms with Gasteiger partial charge in [0.15, 0.2) is 0 Å². The smallest absolute Gasteiger partial charge is 0.140 e. The number of rotatable bonds is 2. The molecule has 0 atom stereocenters. The minimum atomic E-state index is -1.70. The molecule has 0 amide bonds. The zero-order valence-corrected chi connectivity index (χ0v) is 11.4. The fourth-order valence-corrected chi connectivity index (χ4v) is 3.63. The van der Waals surface area contributed by atoms with E-state index in [9.17, 15) is 4.39 Å². The predicted molar refractivity (Wildman–Crippen MR) is 63.6 cm³/mol. The maximum atomic E-state index is 13.9. The Kier molecular flexibility index (Phi) is 3.37. The molecule has 0 saturated heterocycles. The molecule has 0 N–H and O–H groups in total. The van der Waals surface area contributed by atoms with Crippen LogP contribution in [-0.2, 0) is 0 Å². The van der Waals surface area contributed by atoms with Crippen LogP contribution in [0.5, 0.6) is 5.75 Å². The Morgan fingerprint density at radius 2 is 1.86 bits per heavy atom. The van der Waals surface area contributed by atoms with Crippen LogP contribution < -0.4 is 9.92 Å². The normalized spacial score (nSPS) is 11.6. The van der Waals surface area contributed by atoms with Crippen molar-refractivity contribution in [3.05, 3.63) is 22.4 Å². The van der Waals surface area contributed by atoms with Crippen molar-refractivity contribution in [2.75, 3.05) is 7.11 Å². The average molecular weight is 277 g/mol. The zero-order chi connectivity index (χ0) is 10.9. The molecule has 0 aromatic heterocycles. The van der Waals surface area contributed by atoms with E-state index in [0.717, 1.165) is 5.19 Å². The molecule has 1 aromatic rings. The lowest BCUT2D eigenvalue weighted by Gasteiger charge is -2.21. The van der Waals surface area contributed by atoms with E-state index in [4.69, 9.17) is 4.74 Å². The summed E-state index contributed by atoms with van der Waals surface area (Å²) in [4.78, 5) is 0. The third kappa shape index (κ3) is 2.17. The summed E-state index contributed by atoms with van der Waals surface area (Å²) < 4.78 is 19.5. The molecular weight excluding hydrogens is 263 g/mol. The van der Waals surface area contributed by atoms with Gasteiger partial charge in [-0.1, -0.05) is 19.6 Å². The van der Waals surface area contributed by atoms with E-state index in [1.807, 2.05) is 0 Å². The van der Waals surface area contributed by atoms with Gasteiger partial charge in [-0.3, -0.25) is 0 Å². The van der Waals surface area contributed by atoms with Crippen LogP contribution in [0.2, 0.25) is 19.6 Å². The van der Waals surface area contributed by atoms with Gasteiger partial charge in [0.25, 0.3) is 0 Å². The van der Waals surface area contributed by atoms with Crippen LogP contribution in [0.15, 0.2) is 16.6 Å². The zero-order valence-electron chi connectivity index (χ0n) is 8.82. The van der Waals surface area contributed by atoms with Gasteiger partial charge >= 0.3 is 0 Å². The lowest BCUT2D eigenvalue weighted by molar-refractivity contribution is 0.415. The van der Waals surface area contributed by atoms with Crippen molar-refractivity contribution in [3.8, 4) is 5.75 Å². The SMILES string of the molecule is COc1ccc(Br)c(F)c1[Si](C)(C)C. The standard InChI is InChI=1S/C10H14BrFOSi/c1-13-8-6-5-7(11)9(12)10(8)14(2,3)4/h5-6H,1-4H3. The molecule has 0 bridgehead atoms. The molecule has 1 rings (SSSR count). The molecule has 0 unspecified atom stereocenters. The molecule has 4 heteroatoms. The Labute approximate surface area is 93.4 Å². The van der Waals surface area contributed by atoms with Crippen molar-refractivity contribution in [2.45, 2.75) is 19.6 Å². The van der Waals surface area contributed by atoms with E-state index >= 15 is 0 Å². The first-order valence-corrected chi connectivity index (χ1v) is 8.69. The summed E-state index contributed by atoms with van der Waals surface area (Å²) >= 11 is 3.19. The Morgan fingerprint density at radius 3 is 2.29 bits per heavy atom. The molecule has 1 nitrogen and oxygen atoms in total. The maximum Gasteiger partial charge on any atom is 0.140 e. The van der Waals surface area contributed by atoms with Gasteiger partial charge in [0.1, 0.15) is 11.6 Å². The topological polar surface area (TPSA) is 9.23 Å². The minimum absolute atomic E-state index is 0.177. The van der Waals surface area contributed by atoms with Crippen molar-refractivity contribution in [1.82, 2.24) is 0 Å². The van der Waals surface area contributed by atoms with Gasteiger partial charge < -0.3 is 4.74 Å². The Hall–Kier alpha value is -0.353. The highest BCUT2D eigenvalue weighted by atomic mass is 79.9. The Bertz CT molecular complexity index is 347. The molecule has 0 radical (unpaired) electrons. The minimum Gasteiger partial charge on any atom is -0.497 e. The fraction of sp³-hybridized carbons (Fsp3) is 0.400. The second kappa shape index (κ2) is 4.02. The lowest BCUT2D eigenvalue weighted by atomic mass is 10.3. The van der Waals surface area contributed by atoms with Gasteiger partial charge in [-0.25, -0.2) is 4.39 Å². The van der Waals surface area contributed by atoms with Crippen LogP contribution in [-0.4, -0.2) is 15.2 Å². The van der Waals surface area contributed by atoms with E-state index in [0.29, 0.717) is 10.2 Å². The molecule has 0 spiro atoms. The van der Waals surface area contributed by atoms with Gasteiger partial charge in [0, 0.05) is 5.19 Å². The molecule has 0 aliphatic rings. The fourth-order valence-electron chi connectivity index (χ4n) is 1.40. The van der Waals surface area contributed by atoms with Crippen LogP contribution >= 0.6 is 15.9 Å². The van der Waals surface area contributed by atoms with Crippen LogP contribution in [0.3, 0.4) is 0 Å². The summed E-state index contributed by atoms with van der Waals surface area (Å²) in [6.45, 7) is 6.29. The lowest BCUT2D eigenvalue weighted by Crippen LogP contribution is -2.41. The quantitative estimate of drug-likeness (QED) is 0.755. The summed E-state index contributed by atoms with van der Waals surface area (Å²) in [7, 11) is -0.129. The number of hydrogen-bond donors (Lipinski definition) is 0. The van der Waals surface area contributed by atoms with Gasteiger partial charge in [0.2, 0.25) is 0 Å². The van der Waals surface area contributed by atoms with Crippen LogP contribution in [0.1, 0.15) is 0 Å². The Morgan fingerprint density at radius 1 is 1.29 bits per heavy atom. The summed E-state index contributed by atoms with van der Waals surface area (Å²) in [5.41, 5.74) is 0. The average Bonchev–Trinajstić information content (AvgIpc) is 2.07. The van der Waals surface area contributed by atoms with Crippen molar-refractivity contribution < 1.29 is 9.13 Å². The highest BCUT2D eigenvalue weighted by Crippen LogP contribution is 2.22. The number of hydrogen-bond acceptors (Lipinski definition) is 1. The highest BCUT2D eigenvalue weighted by molar-refractivity contribution is 9.10. The molecule has 0 saturated carbocycles. The number of benzene rings is 1. The van der Waals surface area contributed by atoms with E-state index in [2.05, 4.69) is 35.6 Å². The maximum absolute atomic E-state index is 13.9. The van der Waals surface area contributed by atoms with Gasteiger partial charge in [-0.15, -0.1) is 0 Å². The number of ether oxygens (including phenoxy) is 1. The predicted octanol–water partition coefficient (Wildman–Crippen LogP) is 3.14. The van der Waals surface area contributed by atoms with Gasteiger partial charge in [-0.2, -0.15) is 0 Å². The molecular formula is C10H14BrFOSi. The monoisotopic (exact) mass is 276 g/mol.